The molecule has 1 aromatic carbocycles. The molecule has 4 aliphatic carbocycles. The van der Waals surface area contributed by atoms with Crippen LogP contribution >= 0.6 is 0 Å². The van der Waals surface area contributed by atoms with Crippen LogP contribution in [0.4, 0.5) is 4.39 Å². The molecule has 1 aliphatic heterocycles. The van der Waals surface area contributed by atoms with Gasteiger partial charge in [-0.25, -0.2) is 12.8 Å². The van der Waals surface area contributed by atoms with Gasteiger partial charge in [-0.1, -0.05) is 19.1 Å². The second-order valence-electron chi connectivity index (χ2n) is 10.9. The lowest BCUT2D eigenvalue weighted by Gasteiger charge is -2.60. The number of hydrogen-bond donors (Lipinski definition) is 0. The molecule has 1 amide bonds. The molecule has 176 valence electrons. The first-order valence-electron chi connectivity index (χ1n) is 12.2. The largest absolute Gasteiger partial charge is 0.332 e. The van der Waals surface area contributed by atoms with Crippen molar-refractivity contribution < 1.29 is 17.6 Å². The molecule has 5 aliphatic rings. The lowest BCUT2D eigenvalue weighted by Crippen LogP contribution is -2.62. The Labute approximate surface area is 191 Å². The zero-order valence-corrected chi connectivity index (χ0v) is 19.8. The van der Waals surface area contributed by atoms with Crippen molar-refractivity contribution in [2.24, 2.45) is 17.8 Å². The van der Waals surface area contributed by atoms with E-state index >= 15 is 0 Å². The normalized spacial score (nSPS) is 34.8. The van der Waals surface area contributed by atoms with Crippen LogP contribution in [0.1, 0.15) is 57.4 Å². The standard InChI is InChI=1S/C25H35FN2O3S/c1-2-27(23-7-8-32(30,31)17-23)16-24(29)28(15-18-3-5-22(26)6-4-18)25-12-19-9-20(13-25)11-21(10-19)14-25/h3-6,19-21,23H,2,7-17H2,1H3/t19?,20?,21?,23-,25?/m1/s1. The zero-order valence-electron chi connectivity index (χ0n) is 19.0. The zero-order chi connectivity index (χ0) is 22.5. The van der Waals surface area contributed by atoms with Crippen molar-refractivity contribution in [2.75, 3.05) is 24.6 Å². The van der Waals surface area contributed by atoms with Crippen LogP contribution in [-0.2, 0) is 21.2 Å². The van der Waals surface area contributed by atoms with Crippen LogP contribution in [0.2, 0.25) is 0 Å². The Morgan fingerprint density at radius 2 is 1.66 bits per heavy atom. The van der Waals surface area contributed by atoms with E-state index in [0.717, 1.165) is 24.8 Å². The molecule has 7 heteroatoms. The molecule has 5 fully saturated rings. The molecule has 32 heavy (non-hydrogen) atoms. The third kappa shape index (κ3) is 4.35. The molecule has 1 aromatic rings. The number of rotatable bonds is 7. The minimum absolute atomic E-state index is 0.0713. The fourth-order valence-electron chi connectivity index (χ4n) is 7.51. The number of benzene rings is 1. The predicted octanol–water partition coefficient (Wildman–Crippen LogP) is 3.63. The van der Waals surface area contributed by atoms with Crippen LogP contribution in [0.15, 0.2) is 24.3 Å². The number of carbonyl (C=O) groups is 1. The molecule has 5 nitrogen and oxygen atoms in total. The molecule has 0 unspecified atom stereocenters. The van der Waals surface area contributed by atoms with Gasteiger partial charge in [0.25, 0.3) is 0 Å². The van der Waals surface area contributed by atoms with Crippen LogP contribution in [0, 0.1) is 23.6 Å². The van der Waals surface area contributed by atoms with Crippen LogP contribution in [0.25, 0.3) is 0 Å². The molecule has 1 atom stereocenters. The van der Waals surface area contributed by atoms with Crippen LogP contribution in [0.3, 0.4) is 0 Å². The highest BCUT2D eigenvalue weighted by Gasteiger charge is 2.54. The first kappa shape index (κ1) is 22.3. The molecule has 1 heterocycles. The Morgan fingerprint density at radius 1 is 1.06 bits per heavy atom. The third-order valence-electron chi connectivity index (χ3n) is 8.60. The number of hydrogen-bond acceptors (Lipinski definition) is 4. The van der Waals surface area contributed by atoms with E-state index in [1.807, 2.05) is 6.92 Å². The van der Waals surface area contributed by atoms with Crippen molar-refractivity contribution in [3.8, 4) is 0 Å². The number of sulfone groups is 1. The molecule has 6 rings (SSSR count). The fraction of sp³-hybridized carbons (Fsp3) is 0.720. The number of nitrogens with zero attached hydrogens (tertiary/aromatic N) is 2. The van der Waals surface area contributed by atoms with Gasteiger partial charge in [0.15, 0.2) is 9.84 Å². The molecule has 0 spiro atoms. The Kier molecular flexibility index (Phi) is 5.85. The quantitative estimate of drug-likeness (QED) is 0.621. The van der Waals surface area contributed by atoms with Gasteiger partial charge in [-0.3, -0.25) is 9.69 Å². The summed E-state index contributed by atoms with van der Waals surface area (Å²) in [6, 6.07) is 6.45. The molecule has 4 bridgehead atoms. The van der Waals surface area contributed by atoms with Crippen molar-refractivity contribution in [3.05, 3.63) is 35.6 Å². The highest BCUT2D eigenvalue weighted by Crippen LogP contribution is 2.58. The minimum Gasteiger partial charge on any atom is -0.332 e. The van der Waals surface area contributed by atoms with Crippen molar-refractivity contribution in [1.29, 1.82) is 0 Å². The Hall–Kier alpha value is -1.47. The summed E-state index contributed by atoms with van der Waals surface area (Å²) in [5.74, 6) is 2.36. The van der Waals surface area contributed by atoms with E-state index in [1.54, 1.807) is 12.1 Å². The highest BCUT2D eigenvalue weighted by atomic mass is 32.2. The Bertz CT molecular complexity index is 927. The van der Waals surface area contributed by atoms with E-state index in [4.69, 9.17) is 0 Å². The smallest absolute Gasteiger partial charge is 0.237 e. The van der Waals surface area contributed by atoms with E-state index in [1.165, 1.54) is 31.4 Å². The molecule has 0 N–H and O–H groups in total. The average Bonchev–Trinajstić information content (AvgIpc) is 3.09. The van der Waals surface area contributed by atoms with Crippen LogP contribution < -0.4 is 0 Å². The van der Waals surface area contributed by atoms with Gasteiger partial charge < -0.3 is 4.90 Å². The average molecular weight is 463 g/mol. The van der Waals surface area contributed by atoms with Gasteiger partial charge in [-0.15, -0.1) is 0 Å². The number of halogens is 1. The van der Waals surface area contributed by atoms with E-state index in [2.05, 4.69) is 9.80 Å². The third-order valence-corrected chi connectivity index (χ3v) is 10.4. The monoisotopic (exact) mass is 462 g/mol. The molecular formula is C25H35FN2O3S. The Balaban J connectivity index is 1.40. The molecule has 1 saturated heterocycles. The van der Waals surface area contributed by atoms with Crippen molar-refractivity contribution in [2.45, 2.75) is 70.0 Å². The Morgan fingerprint density at radius 3 is 2.16 bits per heavy atom. The minimum atomic E-state index is -3.00. The van der Waals surface area contributed by atoms with Gasteiger partial charge in [-0.05, 0) is 86.9 Å². The van der Waals surface area contributed by atoms with Crippen LogP contribution in [-0.4, -0.2) is 60.3 Å². The van der Waals surface area contributed by atoms with E-state index in [0.29, 0.717) is 37.3 Å². The lowest BCUT2D eigenvalue weighted by molar-refractivity contribution is -0.154. The fourth-order valence-corrected chi connectivity index (χ4v) is 9.27. The van der Waals surface area contributed by atoms with Gasteiger partial charge in [0.1, 0.15) is 5.82 Å². The second-order valence-corrected chi connectivity index (χ2v) is 13.1. The molecular weight excluding hydrogens is 427 g/mol. The molecule has 0 aromatic heterocycles. The summed E-state index contributed by atoms with van der Waals surface area (Å²) >= 11 is 0. The molecule has 0 radical (unpaired) electrons. The van der Waals surface area contributed by atoms with Gasteiger partial charge in [0.2, 0.25) is 5.91 Å². The van der Waals surface area contributed by atoms with E-state index in [9.17, 15) is 17.6 Å². The maximum atomic E-state index is 13.9. The topological polar surface area (TPSA) is 57.7 Å². The van der Waals surface area contributed by atoms with Gasteiger partial charge in [0.05, 0.1) is 18.1 Å². The van der Waals surface area contributed by atoms with Crippen molar-refractivity contribution in [3.63, 3.8) is 0 Å². The summed E-state index contributed by atoms with van der Waals surface area (Å²) in [6.45, 7) is 3.44. The summed E-state index contributed by atoms with van der Waals surface area (Å²) < 4.78 is 37.6. The number of carbonyl (C=O) groups excluding carboxylic acids is 1. The summed E-state index contributed by atoms with van der Waals surface area (Å²) in [6.07, 6.45) is 7.76. The van der Waals surface area contributed by atoms with Crippen LogP contribution in [0.5, 0.6) is 0 Å². The first-order chi connectivity index (χ1) is 15.2. The second kappa shape index (κ2) is 8.39. The number of likely N-dealkylation sites (N-methyl/N-ethyl adjacent to an activating group) is 1. The summed E-state index contributed by atoms with van der Waals surface area (Å²) in [5, 5.41) is 0. The summed E-state index contributed by atoms with van der Waals surface area (Å²) in [5.41, 5.74) is 0.864. The predicted molar refractivity (Wildman–Crippen MR) is 122 cm³/mol. The first-order valence-corrected chi connectivity index (χ1v) is 14.1. The highest BCUT2D eigenvalue weighted by molar-refractivity contribution is 7.91. The lowest BCUT2D eigenvalue weighted by atomic mass is 9.52. The van der Waals surface area contributed by atoms with Crippen molar-refractivity contribution >= 4 is 15.7 Å². The maximum Gasteiger partial charge on any atom is 0.237 e. The number of amides is 1. The van der Waals surface area contributed by atoms with Gasteiger partial charge in [0, 0.05) is 18.1 Å². The van der Waals surface area contributed by atoms with Gasteiger partial charge in [-0.2, -0.15) is 0 Å². The van der Waals surface area contributed by atoms with E-state index in [-0.39, 0.29) is 41.4 Å². The maximum absolute atomic E-state index is 13.9. The summed E-state index contributed by atoms with van der Waals surface area (Å²) in [7, 11) is -3.00. The molecule has 4 saturated carbocycles. The van der Waals surface area contributed by atoms with Crippen molar-refractivity contribution in [1.82, 2.24) is 9.80 Å². The SMILES string of the molecule is CCN(CC(=O)N(Cc1ccc(F)cc1)C12CC3CC(CC(C3)C1)C2)[C@@H]1CCS(=O)(=O)C1. The van der Waals surface area contributed by atoms with Gasteiger partial charge >= 0.3 is 0 Å². The summed E-state index contributed by atoms with van der Waals surface area (Å²) in [4.78, 5) is 18.1. The van der Waals surface area contributed by atoms with E-state index < -0.39 is 9.84 Å².